The molecule has 0 atom stereocenters. The van der Waals surface area contributed by atoms with Crippen LogP contribution in [0, 0.1) is 0 Å². The number of nitrogens with one attached hydrogen (secondary N) is 1. The molecule has 1 heterocycles. The summed E-state index contributed by atoms with van der Waals surface area (Å²) < 4.78 is 40.5. The van der Waals surface area contributed by atoms with Gasteiger partial charge in [0.05, 0.1) is 15.7 Å². The highest BCUT2D eigenvalue weighted by molar-refractivity contribution is 6.37. The van der Waals surface area contributed by atoms with Crippen molar-refractivity contribution in [1.29, 1.82) is 0 Å². The first kappa shape index (κ1) is 12.4. The maximum Gasteiger partial charge on any atom is 0.422 e. The minimum absolute atomic E-state index is 0.0475. The molecule has 1 N–H and O–H groups in total. The first-order valence-corrected chi connectivity index (χ1v) is 5.28. The second-order valence-electron chi connectivity index (χ2n) is 3.38. The van der Waals surface area contributed by atoms with Crippen molar-refractivity contribution in [1.82, 2.24) is 5.32 Å². The van der Waals surface area contributed by atoms with E-state index in [0.29, 0.717) is 5.56 Å². The molecule has 1 aromatic carbocycles. The fraction of sp³-hybridized carbons (Fsp3) is 0.200. The summed E-state index contributed by atoms with van der Waals surface area (Å²) in [5.41, 5.74) is 1.54. The quantitative estimate of drug-likeness (QED) is 0.914. The van der Waals surface area contributed by atoms with Crippen molar-refractivity contribution in [3.63, 3.8) is 0 Å². The van der Waals surface area contributed by atoms with E-state index >= 15 is 0 Å². The standard InChI is InChI=1S/C10H6Cl2F3NO/c11-6-1-5(8-3-16-8)2-7(12)9(6)17-4-10(13,14)15/h1-3,16H,4H2. The van der Waals surface area contributed by atoms with Gasteiger partial charge < -0.3 is 10.1 Å². The average molecular weight is 284 g/mol. The molecule has 1 aliphatic rings. The minimum Gasteiger partial charge on any atom is -0.481 e. The maximum atomic E-state index is 12.0. The van der Waals surface area contributed by atoms with E-state index in [1.807, 2.05) is 0 Å². The van der Waals surface area contributed by atoms with E-state index in [0.717, 1.165) is 5.70 Å². The summed E-state index contributed by atoms with van der Waals surface area (Å²) in [6, 6.07) is 2.98. The molecule has 0 saturated carbocycles. The molecule has 92 valence electrons. The van der Waals surface area contributed by atoms with Gasteiger partial charge in [-0.25, -0.2) is 0 Å². The Morgan fingerprint density at radius 1 is 1.18 bits per heavy atom. The van der Waals surface area contributed by atoms with Crippen molar-refractivity contribution >= 4 is 28.9 Å². The zero-order chi connectivity index (χ0) is 12.6. The van der Waals surface area contributed by atoms with Crippen LogP contribution in [0.25, 0.3) is 5.70 Å². The van der Waals surface area contributed by atoms with Crippen LogP contribution in [-0.2, 0) is 0 Å². The van der Waals surface area contributed by atoms with Gasteiger partial charge in [0.15, 0.2) is 12.4 Å². The first-order chi connectivity index (χ1) is 7.87. The summed E-state index contributed by atoms with van der Waals surface area (Å²) >= 11 is 11.6. The minimum atomic E-state index is -4.42. The molecule has 0 amide bonds. The first-order valence-electron chi connectivity index (χ1n) is 4.52. The van der Waals surface area contributed by atoms with E-state index in [1.165, 1.54) is 12.1 Å². The molecule has 2 nitrogen and oxygen atoms in total. The van der Waals surface area contributed by atoms with E-state index in [2.05, 4.69) is 10.1 Å². The highest BCUT2D eigenvalue weighted by atomic mass is 35.5. The van der Waals surface area contributed by atoms with Crippen LogP contribution in [-0.4, -0.2) is 12.8 Å². The number of hydrogen-bond donors (Lipinski definition) is 1. The van der Waals surface area contributed by atoms with E-state index in [1.54, 1.807) is 6.20 Å². The van der Waals surface area contributed by atoms with Gasteiger partial charge in [0.1, 0.15) is 0 Å². The molecular weight excluding hydrogens is 278 g/mol. The third kappa shape index (κ3) is 3.20. The largest absolute Gasteiger partial charge is 0.481 e. The molecular formula is C10H6Cl2F3NO. The third-order valence-corrected chi connectivity index (χ3v) is 2.54. The molecule has 0 saturated heterocycles. The lowest BCUT2D eigenvalue weighted by atomic mass is 10.2. The van der Waals surface area contributed by atoms with E-state index in [-0.39, 0.29) is 15.8 Å². The highest BCUT2D eigenvalue weighted by Crippen LogP contribution is 2.37. The van der Waals surface area contributed by atoms with Gasteiger partial charge >= 0.3 is 6.18 Å². The molecule has 0 radical (unpaired) electrons. The number of halogens is 5. The zero-order valence-corrected chi connectivity index (χ0v) is 9.75. The van der Waals surface area contributed by atoms with Crippen LogP contribution in [0.2, 0.25) is 10.0 Å². The Bertz CT molecular complexity index is 462. The van der Waals surface area contributed by atoms with Gasteiger partial charge in [-0.15, -0.1) is 0 Å². The van der Waals surface area contributed by atoms with Crippen LogP contribution in [0.5, 0.6) is 5.75 Å². The summed E-state index contributed by atoms with van der Waals surface area (Å²) in [5.74, 6) is -0.157. The normalized spacial score (nSPS) is 14.1. The van der Waals surface area contributed by atoms with Gasteiger partial charge in [0.25, 0.3) is 0 Å². The average Bonchev–Trinajstić information content (AvgIpc) is 2.96. The Kier molecular flexibility index (Phi) is 3.14. The van der Waals surface area contributed by atoms with Crippen LogP contribution in [0.15, 0.2) is 18.3 Å². The molecule has 0 spiro atoms. The lowest BCUT2D eigenvalue weighted by molar-refractivity contribution is -0.153. The lowest BCUT2D eigenvalue weighted by Gasteiger charge is -2.12. The molecule has 0 bridgehead atoms. The molecule has 0 unspecified atom stereocenters. The fourth-order valence-corrected chi connectivity index (χ4v) is 1.81. The fourth-order valence-electron chi connectivity index (χ4n) is 1.21. The molecule has 0 fully saturated rings. The van der Waals surface area contributed by atoms with Crippen LogP contribution < -0.4 is 10.1 Å². The summed E-state index contributed by atoms with van der Waals surface area (Å²) in [7, 11) is 0. The summed E-state index contributed by atoms with van der Waals surface area (Å²) in [6.45, 7) is -1.42. The van der Waals surface area contributed by atoms with Crippen LogP contribution in [0.4, 0.5) is 13.2 Å². The molecule has 0 aromatic heterocycles. The van der Waals surface area contributed by atoms with Crippen molar-refractivity contribution in [3.05, 3.63) is 33.9 Å². The van der Waals surface area contributed by atoms with Crippen molar-refractivity contribution in [2.45, 2.75) is 6.18 Å². The zero-order valence-electron chi connectivity index (χ0n) is 8.24. The second kappa shape index (κ2) is 4.31. The third-order valence-electron chi connectivity index (χ3n) is 1.98. The number of hydrogen-bond acceptors (Lipinski definition) is 2. The molecule has 2 rings (SSSR count). The Balaban J connectivity index is 2.19. The van der Waals surface area contributed by atoms with Crippen molar-refractivity contribution in [2.24, 2.45) is 0 Å². The predicted molar refractivity (Wildman–Crippen MR) is 59.1 cm³/mol. The Morgan fingerprint density at radius 2 is 1.71 bits per heavy atom. The van der Waals surface area contributed by atoms with Crippen molar-refractivity contribution in [3.8, 4) is 5.75 Å². The van der Waals surface area contributed by atoms with Gasteiger partial charge in [-0.05, 0) is 12.1 Å². The topological polar surface area (TPSA) is 31.2 Å². The van der Waals surface area contributed by atoms with E-state index in [4.69, 9.17) is 23.2 Å². The SMILES string of the molecule is FC(F)(F)COc1c(Cl)cc(C2=CN2)cc1Cl. The monoisotopic (exact) mass is 283 g/mol. The molecule has 1 aromatic rings. The number of alkyl halides is 3. The Hall–Kier alpha value is -1.07. The molecule has 1 aliphatic heterocycles. The number of benzene rings is 1. The second-order valence-corrected chi connectivity index (χ2v) is 4.19. The highest BCUT2D eigenvalue weighted by Gasteiger charge is 2.29. The smallest absolute Gasteiger partial charge is 0.422 e. The van der Waals surface area contributed by atoms with E-state index in [9.17, 15) is 13.2 Å². The molecule has 7 heteroatoms. The maximum absolute atomic E-state index is 12.0. The number of ether oxygens (including phenoxy) is 1. The Labute approximate surface area is 105 Å². The molecule has 0 aliphatic carbocycles. The molecule has 17 heavy (non-hydrogen) atoms. The van der Waals surface area contributed by atoms with Gasteiger partial charge in [-0.2, -0.15) is 13.2 Å². The number of rotatable bonds is 3. The van der Waals surface area contributed by atoms with Crippen molar-refractivity contribution in [2.75, 3.05) is 6.61 Å². The van der Waals surface area contributed by atoms with Gasteiger partial charge in [-0.3, -0.25) is 0 Å². The Morgan fingerprint density at radius 3 is 2.12 bits per heavy atom. The van der Waals surface area contributed by atoms with Crippen LogP contribution in [0.3, 0.4) is 0 Å². The van der Waals surface area contributed by atoms with Crippen molar-refractivity contribution < 1.29 is 17.9 Å². The van der Waals surface area contributed by atoms with E-state index < -0.39 is 12.8 Å². The van der Waals surface area contributed by atoms with Gasteiger partial charge in [0, 0.05) is 11.8 Å². The van der Waals surface area contributed by atoms with Gasteiger partial charge in [0.2, 0.25) is 0 Å². The van der Waals surface area contributed by atoms with Crippen LogP contribution >= 0.6 is 23.2 Å². The van der Waals surface area contributed by atoms with Crippen LogP contribution in [0.1, 0.15) is 5.56 Å². The lowest BCUT2D eigenvalue weighted by Crippen LogP contribution is -2.19. The van der Waals surface area contributed by atoms with Gasteiger partial charge in [-0.1, -0.05) is 23.2 Å². The summed E-state index contributed by atoms with van der Waals surface area (Å²) in [6.07, 6.45) is -2.70. The summed E-state index contributed by atoms with van der Waals surface area (Å²) in [4.78, 5) is 0. The summed E-state index contributed by atoms with van der Waals surface area (Å²) in [5, 5.41) is 2.93. The predicted octanol–water partition coefficient (Wildman–Crippen LogP) is 3.84.